The minimum absolute atomic E-state index is 0.207. The second-order valence-corrected chi connectivity index (χ2v) is 5.72. The molecule has 2 heterocycles. The molecule has 0 bridgehead atoms. The third-order valence-electron chi connectivity index (χ3n) is 2.88. The number of aromatic hydroxyl groups is 1. The van der Waals surface area contributed by atoms with Gasteiger partial charge in [-0.1, -0.05) is 12.1 Å². The van der Waals surface area contributed by atoms with Crippen molar-refractivity contribution in [2.24, 2.45) is 0 Å². The van der Waals surface area contributed by atoms with Gasteiger partial charge in [0.05, 0.1) is 0 Å². The summed E-state index contributed by atoms with van der Waals surface area (Å²) >= 11 is 1.79. The molecular weight excluding hydrogens is 262 g/mol. The predicted molar refractivity (Wildman–Crippen MR) is 74.5 cm³/mol. The van der Waals surface area contributed by atoms with E-state index >= 15 is 0 Å². The van der Waals surface area contributed by atoms with Crippen LogP contribution in [0.5, 0.6) is 5.75 Å². The molecule has 19 heavy (non-hydrogen) atoms. The first kappa shape index (κ1) is 12.2. The highest BCUT2D eigenvalue weighted by Crippen LogP contribution is 2.30. The van der Waals surface area contributed by atoms with Gasteiger partial charge in [-0.2, -0.15) is 11.8 Å². The lowest BCUT2D eigenvalue weighted by molar-refractivity contribution is 0.151. The zero-order valence-electron chi connectivity index (χ0n) is 10.2. The maximum Gasteiger partial charge on any atom is 0.418 e. The van der Waals surface area contributed by atoms with Crippen molar-refractivity contribution in [2.45, 2.75) is 5.25 Å². The van der Waals surface area contributed by atoms with Gasteiger partial charge in [0.2, 0.25) is 0 Å². The minimum Gasteiger partial charge on any atom is -0.508 e. The van der Waals surface area contributed by atoms with E-state index in [-0.39, 0.29) is 11.8 Å². The molecule has 2 aromatic rings. The molecule has 0 radical (unpaired) electrons. The average molecular weight is 275 g/mol. The van der Waals surface area contributed by atoms with Crippen molar-refractivity contribution in [1.29, 1.82) is 0 Å². The van der Waals surface area contributed by atoms with Crippen molar-refractivity contribution in [1.82, 2.24) is 4.57 Å². The number of nitrogens with zero attached hydrogens (tertiary/aromatic N) is 1. The normalized spacial score (nSPS) is 17.2. The highest BCUT2D eigenvalue weighted by Gasteiger charge is 2.24. The number of carbonyl (C=O) groups is 1. The van der Waals surface area contributed by atoms with Crippen LogP contribution in [0.1, 0.15) is 0 Å². The van der Waals surface area contributed by atoms with E-state index in [1.807, 2.05) is 12.1 Å². The summed E-state index contributed by atoms with van der Waals surface area (Å²) in [4.78, 5) is 11.8. The summed E-state index contributed by atoms with van der Waals surface area (Å²) in [7, 11) is 0. The average Bonchev–Trinajstić information content (AvgIpc) is 3.10. The van der Waals surface area contributed by atoms with Gasteiger partial charge < -0.3 is 9.84 Å². The molecule has 1 atom stereocenters. The third-order valence-corrected chi connectivity index (χ3v) is 3.82. The molecule has 1 unspecified atom stereocenters. The fourth-order valence-corrected chi connectivity index (χ4v) is 2.17. The molecule has 0 aliphatic carbocycles. The van der Waals surface area contributed by atoms with Gasteiger partial charge >= 0.3 is 6.09 Å². The maximum atomic E-state index is 11.8. The van der Waals surface area contributed by atoms with Gasteiger partial charge in [0, 0.05) is 29.0 Å². The van der Waals surface area contributed by atoms with Crippen molar-refractivity contribution < 1.29 is 14.6 Å². The van der Waals surface area contributed by atoms with Crippen molar-refractivity contribution >= 4 is 17.9 Å². The Morgan fingerprint density at radius 1 is 1.42 bits per heavy atom. The van der Waals surface area contributed by atoms with Crippen LogP contribution in [-0.4, -0.2) is 33.4 Å². The molecule has 0 amide bonds. The summed E-state index contributed by atoms with van der Waals surface area (Å²) in [5.41, 5.74) is 1.73. The number of thioether (sulfide) groups is 1. The molecule has 0 spiro atoms. The SMILES string of the molecule is O=C(OCC1CS1)n1ccc(-c2cccc(O)c2)c1. The molecule has 4 nitrogen and oxygen atoms in total. The summed E-state index contributed by atoms with van der Waals surface area (Å²) in [5, 5.41) is 9.92. The quantitative estimate of drug-likeness (QED) is 0.875. The number of benzene rings is 1. The van der Waals surface area contributed by atoms with Crippen LogP contribution in [0.25, 0.3) is 11.1 Å². The monoisotopic (exact) mass is 275 g/mol. The first-order chi connectivity index (χ1) is 9.22. The van der Waals surface area contributed by atoms with E-state index in [1.54, 1.807) is 42.4 Å². The fraction of sp³-hybridized carbons (Fsp3) is 0.214. The Hall–Kier alpha value is -1.88. The van der Waals surface area contributed by atoms with E-state index in [2.05, 4.69) is 0 Å². The molecular formula is C14H13NO3S. The smallest absolute Gasteiger partial charge is 0.418 e. The summed E-state index contributed by atoms with van der Waals surface area (Å²) in [5.74, 6) is 1.28. The summed E-state index contributed by atoms with van der Waals surface area (Å²) in [6.07, 6.45) is 3.01. The molecule has 3 rings (SSSR count). The second kappa shape index (κ2) is 5.01. The second-order valence-electron chi connectivity index (χ2n) is 4.39. The van der Waals surface area contributed by atoms with Gasteiger partial charge in [-0.05, 0) is 23.8 Å². The Labute approximate surface area is 115 Å². The number of rotatable bonds is 3. The molecule has 98 valence electrons. The molecule has 5 heteroatoms. The largest absolute Gasteiger partial charge is 0.508 e. The highest BCUT2D eigenvalue weighted by molar-refractivity contribution is 8.06. The van der Waals surface area contributed by atoms with E-state index in [9.17, 15) is 9.90 Å². The van der Waals surface area contributed by atoms with Crippen LogP contribution in [0.4, 0.5) is 4.79 Å². The van der Waals surface area contributed by atoms with Gasteiger partial charge in [-0.15, -0.1) is 0 Å². The number of phenolic OH excluding ortho intramolecular Hbond substituents is 1. The maximum absolute atomic E-state index is 11.8. The molecule has 1 N–H and O–H groups in total. The van der Waals surface area contributed by atoms with Crippen LogP contribution in [0, 0.1) is 0 Å². The first-order valence-electron chi connectivity index (χ1n) is 5.98. The van der Waals surface area contributed by atoms with Crippen molar-refractivity contribution in [3.05, 3.63) is 42.7 Å². The van der Waals surface area contributed by atoms with E-state index in [0.29, 0.717) is 11.9 Å². The van der Waals surface area contributed by atoms with Crippen molar-refractivity contribution in [3.8, 4) is 16.9 Å². The minimum atomic E-state index is -0.362. The molecule has 0 saturated carbocycles. The third kappa shape index (κ3) is 2.93. The topological polar surface area (TPSA) is 51.5 Å². The van der Waals surface area contributed by atoms with Crippen LogP contribution in [0.3, 0.4) is 0 Å². The van der Waals surface area contributed by atoms with Crippen LogP contribution < -0.4 is 0 Å². The molecule has 1 saturated heterocycles. The number of aromatic nitrogens is 1. The zero-order valence-corrected chi connectivity index (χ0v) is 11.0. The molecule has 1 aliphatic heterocycles. The predicted octanol–water partition coefficient (Wildman–Crippen LogP) is 2.96. The first-order valence-corrected chi connectivity index (χ1v) is 7.03. The molecule has 1 aliphatic rings. The van der Waals surface area contributed by atoms with Gasteiger partial charge in [0.25, 0.3) is 0 Å². The van der Waals surface area contributed by atoms with E-state index in [4.69, 9.17) is 4.74 Å². The molecule has 1 aromatic carbocycles. The standard InChI is InChI=1S/C14H13NO3S/c16-12-3-1-2-10(6-12)11-4-5-15(7-11)14(17)18-8-13-9-19-13/h1-7,13,16H,8-9H2. The van der Waals surface area contributed by atoms with Crippen molar-refractivity contribution in [2.75, 3.05) is 12.4 Å². The van der Waals surface area contributed by atoms with Gasteiger partial charge in [-0.3, -0.25) is 4.57 Å². The Bertz CT molecular complexity index is 604. The van der Waals surface area contributed by atoms with Crippen LogP contribution in [0.15, 0.2) is 42.7 Å². The Balaban J connectivity index is 1.73. The lowest BCUT2D eigenvalue weighted by Crippen LogP contribution is -2.14. The lowest BCUT2D eigenvalue weighted by atomic mass is 10.1. The van der Waals surface area contributed by atoms with E-state index in [1.165, 1.54) is 4.57 Å². The molecule has 1 fully saturated rings. The Morgan fingerprint density at radius 3 is 3.00 bits per heavy atom. The van der Waals surface area contributed by atoms with Gasteiger partial charge in [-0.25, -0.2) is 4.79 Å². The van der Waals surface area contributed by atoms with Crippen LogP contribution in [-0.2, 0) is 4.74 Å². The number of hydrogen-bond donors (Lipinski definition) is 1. The fourth-order valence-electron chi connectivity index (χ4n) is 1.77. The number of phenols is 1. The van der Waals surface area contributed by atoms with E-state index in [0.717, 1.165) is 16.9 Å². The Morgan fingerprint density at radius 2 is 2.26 bits per heavy atom. The van der Waals surface area contributed by atoms with Gasteiger partial charge in [0.1, 0.15) is 12.4 Å². The lowest BCUT2D eigenvalue weighted by Gasteiger charge is -2.03. The number of carbonyl (C=O) groups excluding carboxylic acids is 1. The van der Waals surface area contributed by atoms with Crippen molar-refractivity contribution in [3.63, 3.8) is 0 Å². The molecule has 1 aromatic heterocycles. The van der Waals surface area contributed by atoms with Crippen LogP contribution in [0.2, 0.25) is 0 Å². The van der Waals surface area contributed by atoms with Crippen LogP contribution >= 0.6 is 11.8 Å². The number of ether oxygens (including phenoxy) is 1. The number of hydrogen-bond acceptors (Lipinski definition) is 4. The summed E-state index contributed by atoms with van der Waals surface area (Å²) < 4.78 is 6.60. The summed E-state index contributed by atoms with van der Waals surface area (Å²) in [6.45, 7) is 0.475. The van der Waals surface area contributed by atoms with Gasteiger partial charge in [0.15, 0.2) is 0 Å². The van der Waals surface area contributed by atoms with E-state index < -0.39 is 0 Å². The Kier molecular flexibility index (Phi) is 3.21. The highest BCUT2D eigenvalue weighted by atomic mass is 32.2. The zero-order chi connectivity index (χ0) is 13.2. The summed E-state index contributed by atoms with van der Waals surface area (Å²) in [6, 6.07) is 8.74.